The average Bonchev–Trinajstić information content (AvgIpc) is 3.15. The number of hydrogen-bond donors (Lipinski definition) is 1. The van der Waals surface area contributed by atoms with E-state index in [2.05, 4.69) is 10.3 Å². The van der Waals surface area contributed by atoms with Crippen LogP contribution in [0, 0.1) is 11.7 Å². The molecule has 0 radical (unpaired) electrons. The summed E-state index contributed by atoms with van der Waals surface area (Å²) in [6, 6.07) is 3.86. The Morgan fingerprint density at radius 1 is 1.28 bits per heavy atom. The largest absolute Gasteiger partial charge is 0.350 e. The molecule has 5 nitrogen and oxygen atoms in total. The van der Waals surface area contributed by atoms with E-state index in [9.17, 15) is 14.0 Å². The van der Waals surface area contributed by atoms with Gasteiger partial charge in [0, 0.05) is 30.3 Å². The first-order valence-electron chi connectivity index (χ1n) is 9.97. The fourth-order valence-electron chi connectivity index (χ4n) is 3.78. The van der Waals surface area contributed by atoms with Gasteiger partial charge in [0.25, 0.3) is 5.91 Å². The van der Waals surface area contributed by atoms with E-state index in [4.69, 9.17) is 11.6 Å². The van der Waals surface area contributed by atoms with E-state index in [1.165, 1.54) is 18.2 Å². The number of carbonyl (C=O) groups excluding carboxylic acids is 2. The van der Waals surface area contributed by atoms with Gasteiger partial charge in [-0.05, 0) is 43.9 Å². The number of nitrogens with one attached hydrogen (secondary N) is 1. The van der Waals surface area contributed by atoms with Gasteiger partial charge in [-0.25, -0.2) is 9.37 Å². The van der Waals surface area contributed by atoms with Gasteiger partial charge in [0.1, 0.15) is 5.82 Å². The highest BCUT2D eigenvalue weighted by Gasteiger charge is 2.29. The van der Waals surface area contributed by atoms with Crippen LogP contribution in [0.25, 0.3) is 0 Å². The maximum atomic E-state index is 13.6. The van der Waals surface area contributed by atoms with Crippen molar-refractivity contribution in [1.29, 1.82) is 0 Å². The van der Waals surface area contributed by atoms with Gasteiger partial charge in [-0.15, -0.1) is 11.3 Å². The standard InChI is InChI=1S/C21H23ClFN3O2S/c22-18-7-6-15(23)9-17(18)21(28)26-8-2-5-14(11-26)20-25-16(12-29-20)10-24-19(27)13-3-1-4-13/h6-7,9,12-14H,1-5,8,10-11H2,(H,24,27)/t14-/m1/s1. The van der Waals surface area contributed by atoms with Crippen molar-refractivity contribution in [2.45, 2.75) is 44.6 Å². The summed E-state index contributed by atoms with van der Waals surface area (Å²) in [5.74, 6) is -0.294. The highest BCUT2D eigenvalue weighted by atomic mass is 35.5. The van der Waals surface area contributed by atoms with Crippen molar-refractivity contribution in [2.24, 2.45) is 5.92 Å². The number of piperidine rings is 1. The smallest absolute Gasteiger partial charge is 0.255 e. The highest BCUT2D eigenvalue weighted by Crippen LogP contribution is 2.31. The van der Waals surface area contributed by atoms with E-state index in [1.54, 1.807) is 16.2 Å². The van der Waals surface area contributed by atoms with Crippen molar-refractivity contribution in [3.63, 3.8) is 0 Å². The molecule has 2 aromatic rings. The molecule has 2 amide bonds. The van der Waals surface area contributed by atoms with Crippen LogP contribution in [0.1, 0.15) is 59.1 Å². The molecule has 1 aromatic heterocycles. The predicted molar refractivity (Wildman–Crippen MR) is 111 cm³/mol. The Morgan fingerprint density at radius 3 is 2.86 bits per heavy atom. The van der Waals surface area contributed by atoms with Crippen LogP contribution in [0.5, 0.6) is 0 Å². The molecule has 2 fully saturated rings. The molecule has 1 saturated carbocycles. The zero-order valence-electron chi connectivity index (χ0n) is 16.0. The van der Waals surface area contributed by atoms with Crippen LogP contribution >= 0.6 is 22.9 Å². The number of aromatic nitrogens is 1. The monoisotopic (exact) mass is 435 g/mol. The van der Waals surface area contributed by atoms with E-state index in [0.29, 0.717) is 19.6 Å². The number of rotatable bonds is 5. The molecule has 1 N–H and O–H groups in total. The van der Waals surface area contributed by atoms with Gasteiger partial charge in [0.15, 0.2) is 0 Å². The van der Waals surface area contributed by atoms with E-state index in [0.717, 1.165) is 42.8 Å². The van der Waals surface area contributed by atoms with Crippen LogP contribution in [0.15, 0.2) is 23.6 Å². The van der Waals surface area contributed by atoms with Gasteiger partial charge in [-0.2, -0.15) is 0 Å². The number of amides is 2. The average molecular weight is 436 g/mol. The van der Waals surface area contributed by atoms with E-state index >= 15 is 0 Å². The van der Waals surface area contributed by atoms with Crippen molar-refractivity contribution >= 4 is 34.8 Å². The third-order valence-corrected chi connectivity index (χ3v) is 7.09. The lowest BCUT2D eigenvalue weighted by molar-refractivity contribution is -0.127. The summed E-state index contributed by atoms with van der Waals surface area (Å²) in [6.45, 7) is 1.60. The molecule has 2 aliphatic rings. The molecular formula is C21H23ClFN3O2S. The number of thiazole rings is 1. The molecular weight excluding hydrogens is 413 g/mol. The summed E-state index contributed by atoms with van der Waals surface area (Å²) >= 11 is 7.67. The zero-order valence-corrected chi connectivity index (χ0v) is 17.6. The molecule has 1 saturated heterocycles. The highest BCUT2D eigenvalue weighted by molar-refractivity contribution is 7.09. The minimum Gasteiger partial charge on any atom is -0.350 e. The van der Waals surface area contributed by atoms with Gasteiger partial charge in [0.05, 0.1) is 27.8 Å². The first kappa shape index (κ1) is 20.3. The first-order valence-corrected chi connectivity index (χ1v) is 11.2. The van der Waals surface area contributed by atoms with Crippen LogP contribution in [0.4, 0.5) is 4.39 Å². The second-order valence-corrected chi connectivity index (χ2v) is 9.03. The van der Waals surface area contributed by atoms with Crippen molar-refractivity contribution in [2.75, 3.05) is 13.1 Å². The Kier molecular flexibility index (Phi) is 6.15. The molecule has 8 heteroatoms. The molecule has 0 bridgehead atoms. The van der Waals surface area contributed by atoms with Gasteiger partial charge in [-0.1, -0.05) is 18.0 Å². The number of nitrogens with zero attached hydrogens (tertiary/aromatic N) is 2. The summed E-state index contributed by atoms with van der Waals surface area (Å²) in [5.41, 5.74) is 1.06. The van der Waals surface area contributed by atoms with Crippen LogP contribution in [0.2, 0.25) is 5.02 Å². The molecule has 4 rings (SSSR count). The molecule has 1 aliphatic heterocycles. The second-order valence-electron chi connectivity index (χ2n) is 7.74. The van der Waals surface area contributed by atoms with Gasteiger partial charge >= 0.3 is 0 Å². The van der Waals surface area contributed by atoms with E-state index in [1.807, 2.05) is 5.38 Å². The SMILES string of the molecule is O=C(NCc1csc([C@@H]2CCCN(C(=O)c3cc(F)ccc3Cl)C2)n1)C1CCC1. The lowest BCUT2D eigenvalue weighted by Gasteiger charge is -2.32. The Balaban J connectivity index is 1.38. The summed E-state index contributed by atoms with van der Waals surface area (Å²) in [6.07, 6.45) is 4.90. The van der Waals surface area contributed by atoms with Crippen LogP contribution in [-0.2, 0) is 11.3 Å². The van der Waals surface area contributed by atoms with Crippen LogP contribution < -0.4 is 5.32 Å². The van der Waals surface area contributed by atoms with Gasteiger partial charge < -0.3 is 10.2 Å². The molecule has 1 atom stereocenters. The lowest BCUT2D eigenvalue weighted by Crippen LogP contribution is -2.39. The Morgan fingerprint density at radius 2 is 2.10 bits per heavy atom. The number of hydrogen-bond acceptors (Lipinski definition) is 4. The Labute approximate surface area is 178 Å². The summed E-state index contributed by atoms with van der Waals surface area (Å²) < 4.78 is 13.6. The van der Waals surface area contributed by atoms with Crippen LogP contribution in [-0.4, -0.2) is 34.8 Å². The fraction of sp³-hybridized carbons (Fsp3) is 0.476. The maximum absolute atomic E-state index is 13.6. The van der Waals surface area contributed by atoms with Crippen molar-refractivity contribution in [3.8, 4) is 0 Å². The summed E-state index contributed by atoms with van der Waals surface area (Å²) in [7, 11) is 0. The molecule has 29 heavy (non-hydrogen) atoms. The number of carbonyl (C=O) groups is 2. The number of likely N-dealkylation sites (tertiary alicyclic amines) is 1. The van der Waals surface area contributed by atoms with Crippen LogP contribution in [0.3, 0.4) is 0 Å². The predicted octanol–water partition coefficient (Wildman–Crippen LogP) is 4.37. The van der Waals surface area contributed by atoms with Crippen molar-refractivity contribution < 1.29 is 14.0 Å². The van der Waals surface area contributed by atoms with E-state index < -0.39 is 5.82 Å². The third-order valence-electron chi connectivity index (χ3n) is 5.71. The second kappa shape index (κ2) is 8.79. The Bertz CT molecular complexity index is 915. The molecule has 2 heterocycles. The molecule has 0 spiro atoms. The minimum atomic E-state index is -0.472. The van der Waals surface area contributed by atoms with Crippen molar-refractivity contribution in [3.05, 3.63) is 50.7 Å². The third kappa shape index (κ3) is 4.61. The summed E-state index contributed by atoms with van der Waals surface area (Å²) in [5, 5.41) is 6.17. The normalized spacial score (nSPS) is 19.7. The topological polar surface area (TPSA) is 62.3 Å². The number of benzene rings is 1. The maximum Gasteiger partial charge on any atom is 0.255 e. The molecule has 1 aromatic carbocycles. The van der Waals surface area contributed by atoms with Gasteiger partial charge in [-0.3, -0.25) is 9.59 Å². The summed E-state index contributed by atoms with van der Waals surface area (Å²) in [4.78, 5) is 31.3. The Hall–Kier alpha value is -1.99. The minimum absolute atomic E-state index is 0.118. The molecule has 154 valence electrons. The van der Waals surface area contributed by atoms with E-state index in [-0.39, 0.29) is 34.2 Å². The van der Waals surface area contributed by atoms with Gasteiger partial charge in [0.2, 0.25) is 5.91 Å². The molecule has 0 unspecified atom stereocenters. The fourth-order valence-corrected chi connectivity index (χ4v) is 4.92. The van der Waals surface area contributed by atoms with Crippen molar-refractivity contribution in [1.82, 2.24) is 15.2 Å². The zero-order chi connectivity index (χ0) is 20.4. The first-order chi connectivity index (χ1) is 14.0. The molecule has 1 aliphatic carbocycles. The quantitative estimate of drug-likeness (QED) is 0.758. The lowest BCUT2D eigenvalue weighted by atomic mass is 9.85. The number of halogens is 2.